The van der Waals surface area contributed by atoms with E-state index in [2.05, 4.69) is 15.3 Å². The molecular formula is C21H25F3N4OS. The maximum absolute atomic E-state index is 13.4. The Morgan fingerprint density at radius 1 is 1.23 bits per heavy atom. The number of hydrogen-bond donors (Lipinski definition) is 1. The molecule has 1 aromatic heterocycles. The van der Waals surface area contributed by atoms with Gasteiger partial charge in [-0.3, -0.25) is 4.79 Å². The zero-order valence-corrected chi connectivity index (χ0v) is 17.8. The molecule has 5 nitrogen and oxygen atoms in total. The summed E-state index contributed by atoms with van der Waals surface area (Å²) < 4.78 is 40.2. The lowest BCUT2D eigenvalue weighted by Gasteiger charge is -2.34. The predicted octanol–water partition coefficient (Wildman–Crippen LogP) is 4.92. The molecule has 0 bridgehead atoms. The van der Waals surface area contributed by atoms with E-state index in [0.29, 0.717) is 30.2 Å². The molecule has 2 heterocycles. The molecule has 0 spiro atoms. The molecule has 1 aliphatic rings. The van der Waals surface area contributed by atoms with Gasteiger partial charge >= 0.3 is 6.18 Å². The Labute approximate surface area is 178 Å². The van der Waals surface area contributed by atoms with Crippen LogP contribution in [0, 0.1) is 0 Å². The van der Waals surface area contributed by atoms with E-state index in [9.17, 15) is 18.0 Å². The van der Waals surface area contributed by atoms with E-state index in [1.807, 2.05) is 18.7 Å². The van der Waals surface area contributed by atoms with Crippen LogP contribution < -0.4 is 10.2 Å². The fourth-order valence-electron chi connectivity index (χ4n) is 3.37. The second kappa shape index (κ2) is 9.68. The van der Waals surface area contributed by atoms with Gasteiger partial charge in [0.2, 0.25) is 0 Å². The summed E-state index contributed by atoms with van der Waals surface area (Å²) in [7, 11) is 0. The molecule has 0 radical (unpaired) electrons. The lowest BCUT2D eigenvalue weighted by Crippen LogP contribution is -2.38. The summed E-state index contributed by atoms with van der Waals surface area (Å²) in [5.41, 5.74) is 0.503. The number of aromatic nitrogens is 2. The van der Waals surface area contributed by atoms with Gasteiger partial charge < -0.3 is 10.2 Å². The summed E-state index contributed by atoms with van der Waals surface area (Å²) in [5, 5.41) is 2.83. The third-order valence-corrected chi connectivity index (χ3v) is 5.92. The second-order valence-electron chi connectivity index (χ2n) is 7.27. The van der Waals surface area contributed by atoms with Gasteiger partial charge in [0.25, 0.3) is 5.91 Å². The fraction of sp³-hybridized carbons (Fsp3) is 0.476. The third-order valence-electron chi connectivity index (χ3n) is 5.00. The Bertz CT molecular complexity index is 874. The van der Waals surface area contributed by atoms with Crippen molar-refractivity contribution in [3.63, 3.8) is 0 Å². The van der Waals surface area contributed by atoms with Gasteiger partial charge in [-0.25, -0.2) is 9.97 Å². The molecule has 1 atom stereocenters. The van der Waals surface area contributed by atoms with Gasteiger partial charge in [-0.2, -0.15) is 13.2 Å². The van der Waals surface area contributed by atoms with Crippen LogP contribution >= 0.6 is 11.8 Å². The zero-order chi connectivity index (χ0) is 21.7. The number of rotatable bonds is 6. The van der Waals surface area contributed by atoms with Gasteiger partial charge in [0.15, 0.2) is 10.9 Å². The largest absolute Gasteiger partial charge is 0.433 e. The Balaban J connectivity index is 1.77. The van der Waals surface area contributed by atoms with Crippen LogP contribution in [0.5, 0.6) is 0 Å². The predicted molar refractivity (Wildman–Crippen MR) is 112 cm³/mol. The highest BCUT2D eigenvalue weighted by Crippen LogP contribution is 2.33. The first-order valence-electron chi connectivity index (χ1n) is 10.0. The van der Waals surface area contributed by atoms with Crippen LogP contribution in [0.4, 0.5) is 19.0 Å². The summed E-state index contributed by atoms with van der Waals surface area (Å²) in [6, 6.07) is 8.18. The summed E-state index contributed by atoms with van der Waals surface area (Å²) in [6.45, 7) is 5.09. The van der Waals surface area contributed by atoms with Crippen LogP contribution in [0.2, 0.25) is 0 Å². The minimum absolute atomic E-state index is 0.102. The van der Waals surface area contributed by atoms with Crippen molar-refractivity contribution >= 4 is 23.5 Å². The maximum Gasteiger partial charge on any atom is 0.433 e. The van der Waals surface area contributed by atoms with E-state index in [1.54, 1.807) is 24.3 Å². The number of carbonyl (C=O) groups is 1. The molecule has 0 aliphatic carbocycles. The lowest BCUT2D eigenvalue weighted by molar-refractivity contribution is -0.141. The number of hydrogen-bond acceptors (Lipinski definition) is 5. The van der Waals surface area contributed by atoms with Crippen LogP contribution in [0.1, 0.15) is 54.7 Å². The third kappa shape index (κ3) is 5.65. The van der Waals surface area contributed by atoms with Crippen molar-refractivity contribution in [1.29, 1.82) is 0 Å². The zero-order valence-electron chi connectivity index (χ0n) is 17.0. The van der Waals surface area contributed by atoms with Gasteiger partial charge in [-0.1, -0.05) is 23.9 Å². The molecule has 9 heteroatoms. The first-order valence-corrected chi connectivity index (χ1v) is 11.0. The molecule has 30 heavy (non-hydrogen) atoms. The molecule has 0 saturated carbocycles. The highest BCUT2D eigenvalue weighted by Gasteiger charge is 2.35. The molecule has 1 saturated heterocycles. The molecule has 162 valence electrons. The number of nitrogens with one attached hydrogen (secondary N) is 1. The van der Waals surface area contributed by atoms with E-state index in [4.69, 9.17) is 0 Å². The number of nitrogens with zero attached hydrogens (tertiary/aromatic N) is 3. The van der Waals surface area contributed by atoms with Gasteiger partial charge in [-0.05, 0) is 50.8 Å². The highest BCUT2D eigenvalue weighted by molar-refractivity contribution is 7.98. The molecular weight excluding hydrogens is 413 g/mol. The van der Waals surface area contributed by atoms with Crippen molar-refractivity contribution < 1.29 is 18.0 Å². The van der Waals surface area contributed by atoms with Crippen molar-refractivity contribution in [3.05, 3.63) is 47.2 Å². The van der Waals surface area contributed by atoms with Crippen LogP contribution in [-0.4, -0.2) is 35.0 Å². The van der Waals surface area contributed by atoms with Crippen molar-refractivity contribution in [1.82, 2.24) is 15.3 Å². The van der Waals surface area contributed by atoms with Crippen molar-refractivity contribution in [2.24, 2.45) is 0 Å². The van der Waals surface area contributed by atoms with Gasteiger partial charge in [0.1, 0.15) is 5.82 Å². The SMILES string of the molecule is CCNC(=O)c1ccc(CSc2nc(N3CCCCC3C)cc(C(F)(F)F)n2)cc1. The van der Waals surface area contributed by atoms with Crippen LogP contribution in [-0.2, 0) is 11.9 Å². The topological polar surface area (TPSA) is 58.1 Å². The van der Waals surface area contributed by atoms with Gasteiger partial charge in [-0.15, -0.1) is 0 Å². The highest BCUT2D eigenvalue weighted by atomic mass is 32.2. The Hall–Kier alpha value is -2.29. The number of benzene rings is 1. The number of amides is 1. The van der Waals surface area contributed by atoms with Crippen LogP contribution in [0.3, 0.4) is 0 Å². The van der Waals surface area contributed by atoms with E-state index >= 15 is 0 Å². The summed E-state index contributed by atoms with van der Waals surface area (Å²) in [5.74, 6) is 0.586. The first kappa shape index (κ1) is 22.4. The molecule has 1 N–H and O–H groups in total. The van der Waals surface area contributed by atoms with Crippen LogP contribution in [0.25, 0.3) is 0 Å². The number of alkyl halides is 3. The summed E-state index contributed by atoms with van der Waals surface area (Å²) in [6.07, 6.45) is -1.58. The fourth-order valence-corrected chi connectivity index (χ4v) is 4.18. The van der Waals surface area contributed by atoms with Crippen molar-refractivity contribution in [3.8, 4) is 0 Å². The molecule has 1 aliphatic heterocycles. The minimum atomic E-state index is -4.53. The second-order valence-corrected chi connectivity index (χ2v) is 8.22. The number of anilines is 1. The molecule has 1 unspecified atom stereocenters. The minimum Gasteiger partial charge on any atom is -0.354 e. The van der Waals surface area contributed by atoms with E-state index < -0.39 is 11.9 Å². The van der Waals surface area contributed by atoms with E-state index in [-0.39, 0.29) is 17.1 Å². The first-order chi connectivity index (χ1) is 14.3. The number of halogens is 3. The summed E-state index contributed by atoms with van der Waals surface area (Å²) >= 11 is 1.16. The molecule has 1 amide bonds. The average Bonchev–Trinajstić information content (AvgIpc) is 2.72. The van der Waals surface area contributed by atoms with Crippen LogP contribution in [0.15, 0.2) is 35.5 Å². The van der Waals surface area contributed by atoms with Gasteiger partial charge in [0, 0.05) is 36.5 Å². The molecule has 3 rings (SSSR count). The quantitative estimate of drug-likeness (QED) is 0.513. The molecule has 2 aromatic rings. The average molecular weight is 439 g/mol. The number of carbonyl (C=O) groups excluding carboxylic acids is 1. The van der Waals surface area contributed by atoms with E-state index in [1.165, 1.54) is 0 Å². The monoisotopic (exact) mass is 438 g/mol. The Morgan fingerprint density at radius 3 is 2.60 bits per heavy atom. The smallest absolute Gasteiger partial charge is 0.354 e. The Kier molecular flexibility index (Phi) is 7.23. The van der Waals surface area contributed by atoms with Gasteiger partial charge in [0.05, 0.1) is 0 Å². The number of thioether (sulfide) groups is 1. The van der Waals surface area contributed by atoms with E-state index in [0.717, 1.165) is 42.7 Å². The molecule has 1 aromatic carbocycles. The Morgan fingerprint density at radius 2 is 1.97 bits per heavy atom. The standard InChI is InChI=1S/C21H25F3N4OS/c1-3-25-19(29)16-9-7-15(8-10-16)13-30-20-26-17(21(22,23)24)12-18(27-20)28-11-5-4-6-14(28)2/h7-10,12,14H,3-6,11,13H2,1-2H3,(H,25,29). The van der Waals surface area contributed by atoms with Crippen molar-refractivity contribution in [2.45, 2.75) is 56.2 Å². The van der Waals surface area contributed by atoms with Crippen molar-refractivity contribution in [2.75, 3.05) is 18.0 Å². The summed E-state index contributed by atoms with van der Waals surface area (Å²) in [4.78, 5) is 21.9. The normalized spacial score (nSPS) is 17.1. The number of piperidine rings is 1. The lowest BCUT2D eigenvalue weighted by atomic mass is 10.0. The maximum atomic E-state index is 13.4. The molecule has 1 fully saturated rings.